The molecule has 0 amide bonds. The van der Waals surface area contributed by atoms with E-state index in [-0.39, 0.29) is 6.10 Å². The smallest absolute Gasteiger partial charge is 0.0592 e. The van der Waals surface area contributed by atoms with E-state index < -0.39 is 0 Å². The van der Waals surface area contributed by atoms with Crippen molar-refractivity contribution in [3.8, 4) is 0 Å². The van der Waals surface area contributed by atoms with Crippen LogP contribution in [0.4, 0.5) is 0 Å². The highest BCUT2D eigenvalue weighted by atomic mass is 16.3. The Morgan fingerprint density at radius 3 is 2.11 bits per heavy atom. The van der Waals surface area contributed by atoms with Crippen LogP contribution in [0.1, 0.15) is 37.0 Å². The van der Waals surface area contributed by atoms with E-state index in [1.165, 1.54) is 16.7 Å². The summed E-state index contributed by atoms with van der Waals surface area (Å²) in [5, 5.41) is 10.1. The van der Waals surface area contributed by atoms with Gasteiger partial charge in [-0.15, -0.1) is 0 Å². The molecule has 1 unspecified atom stereocenters. The van der Waals surface area contributed by atoms with Crippen molar-refractivity contribution in [1.82, 2.24) is 4.90 Å². The van der Waals surface area contributed by atoms with E-state index in [1.807, 2.05) is 0 Å². The lowest BCUT2D eigenvalue weighted by Crippen LogP contribution is -2.27. The number of hydrogen-bond donors (Lipinski definition) is 1. The van der Waals surface area contributed by atoms with Crippen LogP contribution in [0.25, 0.3) is 0 Å². The Bertz CT molecular complexity index is 338. The first-order chi connectivity index (χ1) is 8.55. The van der Waals surface area contributed by atoms with E-state index in [0.717, 1.165) is 32.5 Å². The number of aliphatic hydroxyl groups is 1. The van der Waals surface area contributed by atoms with Crippen molar-refractivity contribution in [2.45, 2.75) is 46.6 Å². The van der Waals surface area contributed by atoms with Gasteiger partial charge in [-0.25, -0.2) is 0 Å². The lowest BCUT2D eigenvalue weighted by molar-refractivity contribution is 0.143. The number of aryl methyl sites for hydroxylation is 2. The van der Waals surface area contributed by atoms with E-state index >= 15 is 0 Å². The molecule has 0 fully saturated rings. The minimum absolute atomic E-state index is 0.230. The molecule has 0 aliphatic rings. The summed E-state index contributed by atoms with van der Waals surface area (Å²) in [5.41, 5.74) is 3.81. The summed E-state index contributed by atoms with van der Waals surface area (Å²) in [7, 11) is 0. The molecule has 0 saturated carbocycles. The van der Waals surface area contributed by atoms with Gasteiger partial charge in [0.15, 0.2) is 0 Å². The average molecular weight is 249 g/mol. The number of rotatable bonds is 7. The molecule has 0 aromatic heterocycles. The molecular weight excluding hydrogens is 222 g/mol. The van der Waals surface area contributed by atoms with Crippen LogP contribution in [-0.4, -0.2) is 35.7 Å². The highest BCUT2D eigenvalue weighted by Crippen LogP contribution is 2.12. The largest absolute Gasteiger partial charge is 0.393 e. The van der Waals surface area contributed by atoms with Crippen LogP contribution in [0.3, 0.4) is 0 Å². The van der Waals surface area contributed by atoms with E-state index in [4.69, 9.17) is 0 Å². The fourth-order valence-electron chi connectivity index (χ4n) is 2.43. The molecule has 0 aliphatic heterocycles. The second kappa shape index (κ2) is 7.55. The lowest BCUT2D eigenvalue weighted by atomic mass is 10.0. The third kappa shape index (κ3) is 5.19. The first-order valence-electron chi connectivity index (χ1n) is 7.02. The maximum absolute atomic E-state index is 10.1. The van der Waals surface area contributed by atoms with Crippen molar-refractivity contribution in [3.05, 3.63) is 34.9 Å². The van der Waals surface area contributed by atoms with Crippen LogP contribution < -0.4 is 0 Å². The SMILES string of the molecule is CCN(CC)CCC(O)Cc1cc(C)cc(C)c1. The summed E-state index contributed by atoms with van der Waals surface area (Å²) in [6.07, 6.45) is 1.39. The minimum Gasteiger partial charge on any atom is -0.393 e. The maximum atomic E-state index is 10.1. The fraction of sp³-hybridized carbons (Fsp3) is 0.625. The Kier molecular flexibility index (Phi) is 6.37. The van der Waals surface area contributed by atoms with Crippen molar-refractivity contribution >= 4 is 0 Å². The summed E-state index contributed by atoms with van der Waals surface area (Å²) < 4.78 is 0. The van der Waals surface area contributed by atoms with Crippen LogP contribution in [0.5, 0.6) is 0 Å². The molecule has 0 spiro atoms. The summed E-state index contributed by atoms with van der Waals surface area (Å²) in [6.45, 7) is 11.7. The second-order valence-electron chi connectivity index (χ2n) is 5.17. The van der Waals surface area contributed by atoms with Crippen LogP contribution in [-0.2, 0) is 6.42 Å². The molecule has 102 valence electrons. The molecule has 1 aromatic carbocycles. The molecule has 0 aliphatic carbocycles. The summed E-state index contributed by atoms with van der Waals surface area (Å²) in [6, 6.07) is 6.52. The third-order valence-electron chi connectivity index (χ3n) is 3.43. The summed E-state index contributed by atoms with van der Waals surface area (Å²) in [5.74, 6) is 0. The topological polar surface area (TPSA) is 23.5 Å². The van der Waals surface area contributed by atoms with Gasteiger partial charge in [0.2, 0.25) is 0 Å². The van der Waals surface area contributed by atoms with Gasteiger partial charge in [0, 0.05) is 6.54 Å². The van der Waals surface area contributed by atoms with Crippen LogP contribution >= 0.6 is 0 Å². The Hall–Kier alpha value is -0.860. The van der Waals surface area contributed by atoms with Gasteiger partial charge in [0.05, 0.1) is 6.10 Å². The molecule has 0 bridgehead atoms. The molecule has 0 heterocycles. The first-order valence-corrected chi connectivity index (χ1v) is 7.02. The molecule has 1 aromatic rings. The molecule has 18 heavy (non-hydrogen) atoms. The monoisotopic (exact) mass is 249 g/mol. The molecule has 2 nitrogen and oxygen atoms in total. The zero-order valence-corrected chi connectivity index (χ0v) is 12.2. The quantitative estimate of drug-likeness (QED) is 0.803. The van der Waals surface area contributed by atoms with Crippen LogP contribution in [0.15, 0.2) is 18.2 Å². The first kappa shape index (κ1) is 15.2. The Morgan fingerprint density at radius 1 is 1.06 bits per heavy atom. The van der Waals surface area contributed by atoms with Gasteiger partial charge in [-0.2, -0.15) is 0 Å². The van der Waals surface area contributed by atoms with E-state index in [2.05, 4.69) is 50.8 Å². The third-order valence-corrected chi connectivity index (χ3v) is 3.43. The predicted molar refractivity (Wildman–Crippen MR) is 78.0 cm³/mol. The number of aliphatic hydroxyl groups excluding tert-OH is 1. The number of nitrogens with zero attached hydrogens (tertiary/aromatic N) is 1. The van der Waals surface area contributed by atoms with Gasteiger partial charge >= 0.3 is 0 Å². The molecule has 1 N–H and O–H groups in total. The van der Waals surface area contributed by atoms with Crippen molar-refractivity contribution in [2.24, 2.45) is 0 Å². The lowest BCUT2D eigenvalue weighted by Gasteiger charge is -2.20. The summed E-state index contributed by atoms with van der Waals surface area (Å²) >= 11 is 0. The Morgan fingerprint density at radius 2 is 1.61 bits per heavy atom. The molecule has 2 heteroatoms. The molecule has 1 rings (SSSR count). The predicted octanol–water partition coefficient (Wildman–Crippen LogP) is 2.94. The van der Waals surface area contributed by atoms with Crippen molar-refractivity contribution in [1.29, 1.82) is 0 Å². The van der Waals surface area contributed by atoms with Gasteiger partial charge in [-0.3, -0.25) is 0 Å². The van der Waals surface area contributed by atoms with Gasteiger partial charge in [0.25, 0.3) is 0 Å². The maximum Gasteiger partial charge on any atom is 0.0592 e. The Balaban J connectivity index is 2.46. The molecule has 0 radical (unpaired) electrons. The average Bonchev–Trinajstić information content (AvgIpc) is 2.28. The molecule has 0 saturated heterocycles. The Labute approximate surface area is 112 Å². The minimum atomic E-state index is -0.230. The van der Waals surface area contributed by atoms with Gasteiger partial charge in [-0.05, 0) is 45.3 Å². The van der Waals surface area contributed by atoms with Gasteiger partial charge < -0.3 is 10.0 Å². The molecular formula is C16H27NO. The highest BCUT2D eigenvalue weighted by Gasteiger charge is 2.08. The normalized spacial score (nSPS) is 13.0. The van der Waals surface area contributed by atoms with E-state index in [1.54, 1.807) is 0 Å². The zero-order valence-electron chi connectivity index (χ0n) is 12.2. The van der Waals surface area contributed by atoms with Crippen molar-refractivity contribution in [3.63, 3.8) is 0 Å². The van der Waals surface area contributed by atoms with Crippen LogP contribution in [0, 0.1) is 13.8 Å². The molecule has 1 atom stereocenters. The van der Waals surface area contributed by atoms with Gasteiger partial charge in [0.1, 0.15) is 0 Å². The number of hydrogen-bond acceptors (Lipinski definition) is 2. The second-order valence-corrected chi connectivity index (χ2v) is 5.17. The zero-order chi connectivity index (χ0) is 13.5. The van der Waals surface area contributed by atoms with Gasteiger partial charge in [-0.1, -0.05) is 43.2 Å². The van der Waals surface area contributed by atoms with E-state index in [0.29, 0.717) is 0 Å². The highest BCUT2D eigenvalue weighted by molar-refractivity contribution is 5.28. The van der Waals surface area contributed by atoms with E-state index in [9.17, 15) is 5.11 Å². The fourth-order valence-corrected chi connectivity index (χ4v) is 2.43. The standard InChI is InChI=1S/C16H27NO/c1-5-17(6-2)8-7-16(18)12-15-10-13(3)9-14(4)11-15/h9-11,16,18H,5-8,12H2,1-4H3. The summed E-state index contributed by atoms with van der Waals surface area (Å²) in [4.78, 5) is 2.35. The number of benzene rings is 1. The van der Waals surface area contributed by atoms with Crippen molar-refractivity contribution < 1.29 is 5.11 Å². The van der Waals surface area contributed by atoms with Crippen molar-refractivity contribution in [2.75, 3.05) is 19.6 Å². The van der Waals surface area contributed by atoms with Crippen LogP contribution in [0.2, 0.25) is 0 Å².